The standard InChI is InChI=1S/C36H71N4O4P.C30H53N3O2.C22H39BrN.C10H25N2O3P.C4H7NO.5BrH/c1-9-12-13-14-15-16-17-18-19-20-28-40(7,8)33-36-23-21-35(22-24-36)32-38(34(4)41)27-30-39(5,6)29-25-37-26-31-45(42,43-10-2)44-11-3;1-6-7-8-9-10-11-12-13-14-15-23-33(4,5)26-30-18-16-29(17-19-30)25-32(27(2)34)21-20-31-22-24-35-28(31)3;1-4-5-6-7-8-9-10-11-12-13-18-24(2,3)20-22-16-14-21(19-23)15-17-22;1-5-14-16(13,15-6-2)10-8-11-7-9-12(3)4;1-4-5-2-3-6-4;;;;;/h21-24,37H,9-20,25-33H2,1-8H3;16-19H,6-15,20-26H2,1-5H3;14-17H,4-13,18-20H2,1-3H3;11H,5-10H2,1-4H3;2-3H2,1H3;5*1H/q2*+2;+1;;;;;;;/p-5. The van der Waals surface area contributed by atoms with Crippen LogP contribution in [-0.4, -0.2) is 281 Å². The predicted molar refractivity (Wildman–Crippen MR) is 540 cm³/mol. The quantitative estimate of drug-likeness (QED) is 0.0189. The molecule has 0 aliphatic carbocycles. The second-order valence-electron chi connectivity index (χ2n) is 38.1. The summed E-state index contributed by atoms with van der Waals surface area (Å²) < 4.78 is 62.3. The normalized spacial score (nSPS) is 12.6. The Hall–Kier alpha value is -1.56. The number of hydrogen-bond donors (Lipinski definition) is 2. The number of rotatable bonds is 70. The van der Waals surface area contributed by atoms with Crippen LogP contribution >= 0.6 is 31.1 Å². The average molecular weight is 2280 g/mol. The monoisotopic (exact) mass is 2270 g/mol. The van der Waals surface area contributed by atoms with E-state index in [2.05, 4.69) is 191 Å². The number of likely N-dealkylation sites (N-methyl/N-ethyl adjacent to an activating group) is 2. The Bertz CT molecular complexity index is 3330. The van der Waals surface area contributed by atoms with Crippen LogP contribution in [0, 0.1) is 0 Å². The number of nitrogens with zero attached hydrogens (tertiary/aromatic N) is 9. The maximum absolute atomic E-state index is 12.6. The highest BCUT2D eigenvalue weighted by Gasteiger charge is 2.27. The van der Waals surface area contributed by atoms with Crippen LogP contribution in [0.5, 0.6) is 0 Å². The van der Waals surface area contributed by atoms with Crippen LogP contribution in [-0.2, 0) is 84.3 Å². The Morgan fingerprint density at radius 1 is 0.405 bits per heavy atom. The number of unbranched alkanes of at least 4 members (excludes halogenated alkanes) is 27. The summed E-state index contributed by atoms with van der Waals surface area (Å²) in [6.07, 6.45) is 42.7. The number of amides is 2. The van der Waals surface area contributed by atoms with Gasteiger partial charge in [-0.25, -0.2) is 0 Å². The van der Waals surface area contributed by atoms with Crippen molar-refractivity contribution >= 4 is 54.7 Å². The lowest BCUT2D eigenvalue weighted by Crippen LogP contribution is -3.00. The summed E-state index contributed by atoms with van der Waals surface area (Å²) in [5.41, 5.74) is 7.92. The second-order valence-corrected chi connectivity index (χ2v) is 43.0. The fourth-order valence-electron chi connectivity index (χ4n) is 15.7. The summed E-state index contributed by atoms with van der Waals surface area (Å²) >= 11 is 3.51. The molecule has 0 radical (unpaired) electrons. The maximum atomic E-state index is 12.6. The lowest BCUT2D eigenvalue weighted by atomic mass is 10.1. The van der Waals surface area contributed by atoms with Gasteiger partial charge in [-0.15, -0.1) is 0 Å². The molecular formula is C102H195Br6N11O10P2. The molecule has 770 valence electrons. The van der Waals surface area contributed by atoms with Gasteiger partial charge in [-0.2, -0.15) is 4.58 Å². The second kappa shape index (κ2) is 85.2. The lowest BCUT2D eigenvalue weighted by molar-refractivity contribution is -0.903. The fourth-order valence-corrected chi connectivity index (χ4v) is 19.1. The van der Waals surface area contributed by atoms with E-state index in [0.717, 1.165) is 127 Å². The first-order valence-electron chi connectivity index (χ1n) is 49.9. The molecule has 21 nitrogen and oxygen atoms in total. The van der Waals surface area contributed by atoms with Crippen molar-refractivity contribution in [2.45, 2.75) is 307 Å². The molecule has 2 amide bonds. The van der Waals surface area contributed by atoms with Crippen molar-refractivity contribution in [3.63, 3.8) is 0 Å². The Morgan fingerprint density at radius 2 is 0.718 bits per heavy atom. The summed E-state index contributed by atoms with van der Waals surface area (Å²) in [4.78, 5) is 34.6. The van der Waals surface area contributed by atoms with Gasteiger partial charge in [-0.1, -0.05) is 264 Å². The molecule has 2 heterocycles. The molecule has 0 saturated heterocycles. The predicted octanol–water partition coefficient (Wildman–Crippen LogP) is 7.40. The van der Waals surface area contributed by atoms with E-state index in [9.17, 15) is 18.7 Å². The van der Waals surface area contributed by atoms with E-state index in [1.165, 1.54) is 246 Å². The number of nitrogens with one attached hydrogen (secondary N) is 2. The minimum Gasteiger partial charge on any atom is -1.00 e. The number of benzene rings is 3. The van der Waals surface area contributed by atoms with Crippen molar-refractivity contribution < 1.29 is 154 Å². The van der Waals surface area contributed by atoms with E-state index in [-0.39, 0.29) is 96.7 Å². The summed E-state index contributed by atoms with van der Waals surface area (Å²) in [7, 11) is 16.7. The Labute approximate surface area is 865 Å². The van der Waals surface area contributed by atoms with Gasteiger partial charge in [-0.3, -0.25) is 23.7 Å². The number of ether oxygens (including phenoxy) is 2. The third-order valence-electron chi connectivity index (χ3n) is 23.6. The van der Waals surface area contributed by atoms with Crippen molar-refractivity contribution in [1.29, 1.82) is 0 Å². The summed E-state index contributed by atoms with van der Waals surface area (Å²) in [6, 6.07) is 26.8. The SMILES string of the molecule is CC1=NCCO1.CCCCCCCCCCCC[N+](C)(C)Cc1ccc(CBr)cc1.CCCCCCCCCCCC[N+](C)(C)Cc1ccc(CN(CC[N+](C)(C)CCNCCP(=O)(OCC)OCC)C(C)=O)cc1.CCCCCCCCCCCC[N+](C)(C)Cc1ccc(CN(CC[N+]2=C(C)OCC2)C(C)=O)cc1.CCOP(=O)(CCNCCN(C)C)OCC.[Br-].[Br-].[Br-].[Br-].[Br-]. The fraction of sp³-hybridized carbons (Fsp3) is 0.784. The highest BCUT2D eigenvalue weighted by atomic mass is 79.9. The topological polar surface area (TPSA) is 173 Å². The zero-order valence-electron chi connectivity index (χ0n) is 86.9. The minimum absolute atomic E-state index is 0. The Balaban J connectivity index is -0.000000546. The molecule has 0 bridgehead atoms. The van der Waals surface area contributed by atoms with Crippen LogP contribution < -0.4 is 95.5 Å². The highest BCUT2D eigenvalue weighted by Crippen LogP contribution is 2.48. The molecule has 2 aliphatic heterocycles. The largest absolute Gasteiger partial charge is 1.00 e. The van der Waals surface area contributed by atoms with E-state index >= 15 is 0 Å². The van der Waals surface area contributed by atoms with Crippen molar-refractivity contribution in [3.8, 4) is 0 Å². The zero-order chi connectivity index (χ0) is 93.7. The van der Waals surface area contributed by atoms with Gasteiger partial charge >= 0.3 is 21.1 Å². The first kappa shape index (κ1) is 138. The first-order valence-corrected chi connectivity index (χ1v) is 54.5. The van der Waals surface area contributed by atoms with E-state index in [1.807, 2.05) is 65.4 Å². The molecule has 0 aromatic heterocycles. The molecule has 29 heteroatoms. The number of halogens is 6. The number of quaternary nitrogens is 4. The first-order chi connectivity index (χ1) is 60.2. The number of aliphatic imine (C=N–C) groups is 1. The smallest absolute Gasteiger partial charge is 0.333 e. The molecular weight excluding hydrogens is 2080 g/mol. The van der Waals surface area contributed by atoms with Crippen LogP contribution in [0.3, 0.4) is 0 Å². The van der Waals surface area contributed by atoms with Gasteiger partial charge in [0.25, 0.3) is 0 Å². The molecule has 0 spiro atoms. The van der Waals surface area contributed by atoms with E-state index in [1.54, 1.807) is 13.8 Å². The number of carbonyl (C=O) groups is 2. The average Bonchev–Trinajstić information content (AvgIpc) is 1.54. The van der Waals surface area contributed by atoms with Crippen LogP contribution in [0.15, 0.2) is 77.8 Å². The minimum atomic E-state index is -3.01. The van der Waals surface area contributed by atoms with Crippen LogP contribution in [0.25, 0.3) is 0 Å². The number of hydrogen-bond acceptors (Lipinski definition) is 14. The maximum Gasteiger partial charge on any atom is 0.333 e. The summed E-state index contributed by atoms with van der Waals surface area (Å²) in [5.74, 6) is 2.03. The third kappa shape index (κ3) is 76.9. The zero-order valence-corrected chi connectivity index (χ0v) is 98.2. The third-order valence-corrected chi connectivity index (χ3v) is 28.4. The number of alkyl halides is 1. The van der Waals surface area contributed by atoms with Gasteiger partial charge in [0.15, 0.2) is 25.6 Å². The van der Waals surface area contributed by atoms with Gasteiger partial charge in [0.2, 0.25) is 11.8 Å². The van der Waals surface area contributed by atoms with Gasteiger partial charge in [0, 0.05) is 88.6 Å². The van der Waals surface area contributed by atoms with Gasteiger partial charge in [0.1, 0.15) is 26.2 Å². The van der Waals surface area contributed by atoms with E-state index < -0.39 is 15.2 Å². The van der Waals surface area contributed by atoms with Crippen LogP contribution in [0.4, 0.5) is 0 Å². The van der Waals surface area contributed by atoms with Crippen LogP contribution in [0.1, 0.15) is 302 Å². The molecule has 0 atom stereocenters. The molecule has 3 aromatic carbocycles. The molecule has 0 saturated carbocycles. The van der Waals surface area contributed by atoms with Gasteiger partial charge in [0.05, 0.1) is 154 Å². The van der Waals surface area contributed by atoms with Crippen molar-refractivity contribution in [3.05, 3.63) is 106 Å². The Kier molecular flexibility index (Phi) is 89.7. The highest BCUT2D eigenvalue weighted by molar-refractivity contribution is 9.08. The number of carbonyl (C=O) groups excluding carboxylic acids is 2. The Morgan fingerprint density at radius 3 is 0.992 bits per heavy atom. The lowest BCUT2D eigenvalue weighted by Gasteiger charge is -2.33. The molecule has 2 N–H and O–H groups in total. The molecule has 2 aliphatic rings. The van der Waals surface area contributed by atoms with E-state index in [0.29, 0.717) is 71.5 Å². The summed E-state index contributed by atoms with van der Waals surface area (Å²) in [6.45, 7) is 42.4. The van der Waals surface area contributed by atoms with Crippen molar-refractivity contribution in [2.75, 3.05) is 221 Å². The molecule has 5 rings (SSSR count). The van der Waals surface area contributed by atoms with Crippen molar-refractivity contribution in [2.24, 2.45) is 4.99 Å². The molecule has 0 fully saturated rings. The van der Waals surface area contributed by atoms with Crippen molar-refractivity contribution in [1.82, 2.24) is 25.3 Å². The molecule has 0 unspecified atom stereocenters. The summed E-state index contributed by atoms with van der Waals surface area (Å²) in [5, 5.41) is 7.55. The van der Waals surface area contributed by atoms with Gasteiger partial charge in [-0.05, 0) is 97.0 Å². The van der Waals surface area contributed by atoms with Crippen LogP contribution in [0.2, 0.25) is 0 Å². The molecule has 131 heavy (non-hydrogen) atoms. The van der Waals surface area contributed by atoms with Gasteiger partial charge < -0.3 is 156 Å². The molecule has 3 aromatic rings. The van der Waals surface area contributed by atoms with E-state index in [4.69, 9.17) is 27.6 Å².